The summed E-state index contributed by atoms with van der Waals surface area (Å²) in [5, 5.41) is 10.3. The molecule has 4 rings (SSSR count). The minimum atomic E-state index is -0.314. The number of nitrogens with zero attached hydrogens (tertiary/aromatic N) is 2. The third kappa shape index (κ3) is 3.58. The van der Waals surface area contributed by atoms with Crippen molar-refractivity contribution in [1.82, 2.24) is 4.98 Å². The number of ether oxygens (including phenoxy) is 4. The van der Waals surface area contributed by atoms with E-state index in [1.807, 2.05) is 19.1 Å². The van der Waals surface area contributed by atoms with Crippen LogP contribution in [0, 0.1) is 0 Å². The lowest BCUT2D eigenvalue weighted by Crippen LogP contribution is -2.34. The average Bonchev–Trinajstić information content (AvgIpc) is 2.78. The minimum Gasteiger partial charge on any atom is -0.496 e. The standard InChI is InChI=1S/C23H28N2O5/c1-5-30-21-9-14-15-8-13(26)6-7-18(15)25-23(16(14)10-20(21)28-3)17-12-24-22(29-4)11-19(17)27-2/h9-13,15,18,26H,5-8H2,1-4H3/t13-,15?,18-/m1/s1. The monoisotopic (exact) mass is 412 g/mol. The summed E-state index contributed by atoms with van der Waals surface area (Å²) in [6.07, 6.45) is 3.69. The molecule has 0 bridgehead atoms. The van der Waals surface area contributed by atoms with Crippen molar-refractivity contribution in [2.45, 2.75) is 44.2 Å². The Balaban J connectivity index is 1.91. The summed E-state index contributed by atoms with van der Waals surface area (Å²) in [6.45, 7) is 2.50. The number of aromatic nitrogens is 1. The lowest BCUT2D eigenvalue weighted by Gasteiger charge is -2.37. The van der Waals surface area contributed by atoms with Crippen LogP contribution < -0.4 is 18.9 Å². The molecule has 0 saturated heterocycles. The van der Waals surface area contributed by atoms with Crippen LogP contribution in [0.1, 0.15) is 48.8 Å². The smallest absolute Gasteiger partial charge is 0.216 e. The molecule has 1 fully saturated rings. The van der Waals surface area contributed by atoms with E-state index in [-0.39, 0.29) is 18.1 Å². The number of pyridine rings is 1. The molecule has 0 radical (unpaired) electrons. The zero-order valence-corrected chi connectivity index (χ0v) is 17.8. The van der Waals surface area contributed by atoms with Crippen LogP contribution in [0.5, 0.6) is 23.1 Å². The second-order valence-electron chi connectivity index (χ2n) is 7.57. The molecule has 7 nitrogen and oxygen atoms in total. The van der Waals surface area contributed by atoms with Crippen LogP contribution in [0.15, 0.2) is 29.4 Å². The van der Waals surface area contributed by atoms with Gasteiger partial charge in [0, 0.05) is 23.7 Å². The molecule has 1 aliphatic heterocycles. The van der Waals surface area contributed by atoms with Gasteiger partial charge >= 0.3 is 0 Å². The molecule has 1 N–H and O–H groups in total. The number of fused-ring (bicyclic) bond motifs is 3. The van der Waals surface area contributed by atoms with Crippen LogP contribution in [-0.2, 0) is 0 Å². The van der Waals surface area contributed by atoms with Gasteiger partial charge in [-0.3, -0.25) is 4.99 Å². The predicted octanol–water partition coefficient (Wildman–Crippen LogP) is 3.35. The van der Waals surface area contributed by atoms with Crippen LogP contribution >= 0.6 is 0 Å². The summed E-state index contributed by atoms with van der Waals surface area (Å²) in [7, 11) is 4.83. The summed E-state index contributed by atoms with van der Waals surface area (Å²) in [4.78, 5) is 9.49. The van der Waals surface area contributed by atoms with Gasteiger partial charge in [-0.05, 0) is 43.9 Å². The summed E-state index contributed by atoms with van der Waals surface area (Å²) in [5.74, 6) is 2.62. The molecular formula is C23H28N2O5. The first-order valence-corrected chi connectivity index (χ1v) is 10.3. The molecule has 2 aromatic rings. The molecule has 1 aromatic heterocycles. The van der Waals surface area contributed by atoms with E-state index < -0.39 is 0 Å². The Morgan fingerprint density at radius 3 is 2.47 bits per heavy atom. The summed E-state index contributed by atoms with van der Waals surface area (Å²) >= 11 is 0. The fourth-order valence-corrected chi connectivity index (χ4v) is 4.46. The van der Waals surface area contributed by atoms with Gasteiger partial charge in [-0.1, -0.05) is 0 Å². The highest BCUT2D eigenvalue weighted by Crippen LogP contribution is 2.45. The summed E-state index contributed by atoms with van der Waals surface area (Å²) < 4.78 is 22.3. The van der Waals surface area contributed by atoms with E-state index >= 15 is 0 Å². The molecule has 2 aliphatic rings. The second kappa shape index (κ2) is 8.52. The number of rotatable bonds is 6. The lowest BCUT2D eigenvalue weighted by molar-refractivity contribution is 0.111. The second-order valence-corrected chi connectivity index (χ2v) is 7.57. The minimum absolute atomic E-state index is 0.0885. The largest absolute Gasteiger partial charge is 0.496 e. The molecule has 30 heavy (non-hydrogen) atoms. The SMILES string of the molecule is CCOc1cc2c(cc1OC)C(c1cnc(OC)cc1OC)=N[C@@H]1CC[C@@H](O)CC21. The predicted molar refractivity (Wildman–Crippen MR) is 114 cm³/mol. The van der Waals surface area contributed by atoms with Crippen molar-refractivity contribution in [1.29, 1.82) is 0 Å². The normalized spacial score (nSPS) is 22.4. The molecule has 0 spiro atoms. The van der Waals surface area contributed by atoms with Crippen molar-refractivity contribution < 1.29 is 24.1 Å². The zero-order valence-electron chi connectivity index (χ0n) is 17.8. The van der Waals surface area contributed by atoms with Gasteiger partial charge in [-0.15, -0.1) is 0 Å². The van der Waals surface area contributed by atoms with E-state index in [1.165, 1.54) is 0 Å². The van der Waals surface area contributed by atoms with Gasteiger partial charge in [-0.2, -0.15) is 0 Å². The molecule has 2 heterocycles. The number of aliphatic hydroxyl groups is 1. The van der Waals surface area contributed by atoms with Crippen molar-refractivity contribution in [3.63, 3.8) is 0 Å². The third-order valence-corrected chi connectivity index (χ3v) is 5.90. The first-order chi connectivity index (χ1) is 14.6. The Hall–Kier alpha value is -2.80. The lowest BCUT2D eigenvalue weighted by atomic mass is 9.74. The fourth-order valence-electron chi connectivity index (χ4n) is 4.46. The van der Waals surface area contributed by atoms with E-state index in [2.05, 4.69) is 4.98 Å². The maximum atomic E-state index is 10.3. The molecule has 7 heteroatoms. The number of hydrogen-bond donors (Lipinski definition) is 1. The Bertz CT molecular complexity index is 959. The average molecular weight is 412 g/mol. The summed E-state index contributed by atoms with van der Waals surface area (Å²) in [5.41, 5.74) is 3.69. The van der Waals surface area contributed by atoms with E-state index in [0.717, 1.165) is 35.2 Å². The molecule has 1 unspecified atom stereocenters. The van der Waals surface area contributed by atoms with Crippen molar-refractivity contribution in [2.75, 3.05) is 27.9 Å². The van der Waals surface area contributed by atoms with Crippen LogP contribution in [-0.4, -0.2) is 55.9 Å². The topological polar surface area (TPSA) is 82.4 Å². The Morgan fingerprint density at radius 2 is 1.77 bits per heavy atom. The maximum absolute atomic E-state index is 10.3. The molecule has 0 amide bonds. The van der Waals surface area contributed by atoms with E-state index in [4.69, 9.17) is 23.9 Å². The van der Waals surface area contributed by atoms with E-state index in [0.29, 0.717) is 36.2 Å². The van der Waals surface area contributed by atoms with Crippen molar-refractivity contribution >= 4 is 5.71 Å². The van der Waals surface area contributed by atoms with Gasteiger partial charge in [0.15, 0.2) is 11.5 Å². The molecule has 1 saturated carbocycles. The number of hydrogen-bond acceptors (Lipinski definition) is 7. The summed E-state index contributed by atoms with van der Waals surface area (Å²) in [6, 6.07) is 5.87. The van der Waals surface area contributed by atoms with Crippen LogP contribution in [0.3, 0.4) is 0 Å². The Morgan fingerprint density at radius 1 is 0.967 bits per heavy atom. The van der Waals surface area contributed by atoms with Gasteiger partial charge in [-0.25, -0.2) is 4.98 Å². The number of aliphatic imine (C=N–C) groups is 1. The Labute approximate surface area is 176 Å². The highest BCUT2D eigenvalue weighted by molar-refractivity contribution is 6.16. The van der Waals surface area contributed by atoms with Crippen molar-refractivity contribution in [3.05, 3.63) is 41.1 Å². The molecule has 3 atom stereocenters. The van der Waals surface area contributed by atoms with Gasteiger partial charge < -0.3 is 24.1 Å². The van der Waals surface area contributed by atoms with Crippen molar-refractivity contribution in [2.24, 2.45) is 4.99 Å². The van der Waals surface area contributed by atoms with Crippen LogP contribution in [0.2, 0.25) is 0 Å². The van der Waals surface area contributed by atoms with E-state index in [1.54, 1.807) is 33.6 Å². The first kappa shape index (κ1) is 20.5. The fraction of sp³-hybridized carbons (Fsp3) is 0.478. The third-order valence-electron chi connectivity index (χ3n) is 5.90. The number of benzene rings is 1. The van der Waals surface area contributed by atoms with Gasteiger partial charge in [0.25, 0.3) is 0 Å². The molecule has 160 valence electrons. The maximum Gasteiger partial charge on any atom is 0.216 e. The number of methoxy groups -OCH3 is 3. The van der Waals surface area contributed by atoms with Crippen molar-refractivity contribution in [3.8, 4) is 23.1 Å². The molecule has 1 aromatic carbocycles. The molecular weight excluding hydrogens is 384 g/mol. The van der Waals surface area contributed by atoms with Crippen LogP contribution in [0.25, 0.3) is 0 Å². The number of aliphatic hydroxyl groups excluding tert-OH is 1. The highest BCUT2D eigenvalue weighted by atomic mass is 16.5. The van der Waals surface area contributed by atoms with Crippen LogP contribution in [0.4, 0.5) is 0 Å². The van der Waals surface area contributed by atoms with Gasteiger partial charge in [0.1, 0.15) is 5.75 Å². The van der Waals surface area contributed by atoms with Gasteiger partial charge in [0.05, 0.1) is 51.4 Å². The zero-order chi connectivity index (χ0) is 21.3. The first-order valence-electron chi connectivity index (χ1n) is 10.3. The Kier molecular flexibility index (Phi) is 5.81. The molecule has 1 aliphatic carbocycles. The quantitative estimate of drug-likeness (QED) is 0.784. The van der Waals surface area contributed by atoms with E-state index in [9.17, 15) is 5.11 Å². The van der Waals surface area contributed by atoms with Gasteiger partial charge in [0.2, 0.25) is 5.88 Å². The highest BCUT2D eigenvalue weighted by Gasteiger charge is 2.38.